The van der Waals surface area contributed by atoms with Crippen molar-refractivity contribution in [2.45, 2.75) is 380 Å². The average Bonchev–Trinajstić information content (AvgIpc) is 0.917. The molecule has 5 atom stereocenters. The van der Waals surface area contributed by atoms with Crippen molar-refractivity contribution >= 4 is 39.5 Å². The highest BCUT2D eigenvalue weighted by molar-refractivity contribution is 7.47. The topological polar surface area (TPSA) is 237 Å². The molecule has 0 radical (unpaired) electrons. The molecule has 0 aliphatic heterocycles. The molecule has 104 heavy (non-hydrogen) atoms. The maximum Gasteiger partial charge on any atom is 0.472 e. The first-order valence-corrected chi connectivity index (χ1v) is 44.5. The molecule has 0 saturated heterocycles. The van der Waals surface area contributed by atoms with E-state index in [0.29, 0.717) is 32.1 Å². The van der Waals surface area contributed by atoms with Crippen LogP contribution < -0.4 is 0 Å². The zero-order valence-electron chi connectivity index (χ0n) is 65.9. The molecule has 0 aliphatic carbocycles. The third kappa shape index (κ3) is 76.2. The first-order chi connectivity index (χ1) is 50.7. The minimum Gasteiger partial charge on any atom is -0.462 e. The van der Waals surface area contributed by atoms with Gasteiger partial charge in [-0.25, -0.2) is 9.13 Å². The number of phosphoric ester groups is 2. The van der Waals surface area contributed by atoms with Crippen LogP contribution in [0.5, 0.6) is 0 Å². The van der Waals surface area contributed by atoms with Gasteiger partial charge < -0.3 is 33.8 Å². The number of aliphatic hydroxyl groups is 1. The minimum atomic E-state index is -4.99. The number of esters is 4. The van der Waals surface area contributed by atoms with Crippen molar-refractivity contribution in [2.24, 2.45) is 0 Å². The molecule has 602 valence electrons. The maximum atomic E-state index is 13.1. The summed E-state index contributed by atoms with van der Waals surface area (Å²) in [6, 6.07) is 0. The number of hydrogen-bond donors (Lipinski definition) is 3. The Balaban J connectivity index is 5.39. The number of carbonyl (C=O) groups excluding carboxylic acids is 4. The van der Waals surface area contributed by atoms with Crippen molar-refractivity contribution in [3.63, 3.8) is 0 Å². The highest BCUT2D eigenvalue weighted by Gasteiger charge is 2.30. The fourth-order valence-corrected chi connectivity index (χ4v) is 12.8. The molecule has 0 aromatic rings. The Kier molecular flexibility index (Phi) is 74.2. The van der Waals surface area contributed by atoms with Gasteiger partial charge in [0.05, 0.1) is 26.4 Å². The molecule has 0 amide bonds. The molecule has 17 nitrogen and oxygen atoms in total. The number of unbranched alkanes of at least 4 members (excludes halogenated alkanes) is 36. The highest BCUT2D eigenvalue weighted by Crippen LogP contribution is 2.45. The minimum absolute atomic E-state index is 0.0140. The lowest BCUT2D eigenvalue weighted by Crippen LogP contribution is -2.30. The van der Waals surface area contributed by atoms with E-state index in [9.17, 15) is 43.2 Å². The Morgan fingerprint density at radius 2 is 0.510 bits per heavy atom. The number of carbonyl (C=O) groups is 4. The smallest absolute Gasteiger partial charge is 0.462 e. The second-order valence-electron chi connectivity index (χ2n) is 27.7. The van der Waals surface area contributed by atoms with Crippen LogP contribution in [-0.2, 0) is 65.4 Å². The molecule has 0 fully saturated rings. The van der Waals surface area contributed by atoms with Gasteiger partial charge in [0.25, 0.3) is 0 Å². The molecule has 0 spiro atoms. The van der Waals surface area contributed by atoms with Gasteiger partial charge in [0, 0.05) is 25.7 Å². The summed E-state index contributed by atoms with van der Waals surface area (Å²) >= 11 is 0. The molecule has 0 bridgehead atoms. The molecule has 0 aliphatic rings. The molecule has 0 rings (SSSR count). The lowest BCUT2D eigenvalue weighted by molar-refractivity contribution is -0.161. The number of rotatable bonds is 78. The van der Waals surface area contributed by atoms with Crippen molar-refractivity contribution < 1.29 is 80.2 Å². The zero-order chi connectivity index (χ0) is 76.0. The largest absolute Gasteiger partial charge is 0.472 e. The third-order valence-corrected chi connectivity index (χ3v) is 19.5. The second-order valence-corrected chi connectivity index (χ2v) is 30.6. The van der Waals surface area contributed by atoms with Crippen LogP contribution in [0.2, 0.25) is 0 Å². The van der Waals surface area contributed by atoms with Gasteiger partial charge in [-0.2, -0.15) is 0 Å². The molecule has 3 N–H and O–H groups in total. The van der Waals surface area contributed by atoms with Crippen molar-refractivity contribution in [1.82, 2.24) is 0 Å². The summed E-state index contributed by atoms with van der Waals surface area (Å²) in [5.41, 5.74) is 0. The zero-order valence-corrected chi connectivity index (χ0v) is 67.7. The van der Waals surface area contributed by atoms with E-state index >= 15 is 0 Å². The Morgan fingerprint density at radius 3 is 0.827 bits per heavy atom. The van der Waals surface area contributed by atoms with E-state index in [1.165, 1.54) is 141 Å². The van der Waals surface area contributed by atoms with Crippen LogP contribution >= 0.6 is 15.6 Å². The van der Waals surface area contributed by atoms with Gasteiger partial charge in [-0.05, 0) is 103 Å². The molecule has 0 saturated carbocycles. The van der Waals surface area contributed by atoms with Gasteiger partial charge in [0.1, 0.15) is 19.3 Å². The van der Waals surface area contributed by atoms with E-state index in [1.807, 2.05) is 12.2 Å². The molecule has 0 aromatic carbocycles. The van der Waals surface area contributed by atoms with Crippen LogP contribution in [0, 0.1) is 0 Å². The summed E-state index contributed by atoms with van der Waals surface area (Å²) in [6.45, 7) is 4.72. The highest BCUT2D eigenvalue weighted by atomic mass is 31.2. The van der Waals surface area contributed by atoms with Gasteiger partial charge in [-0.3, -0.25) is 37.3 Å². The number of phosphoric acid groups is 2. The molecular formula is C85H150O17P2. The molecule has 0 heterocycles. The average molecular weight is 1510 g/mol. The maximum absolute atomic E-state index is 13.1. The van der Waals surface area contributed by atoms with Crippen LogP contribution in [-0.4, -0.2) is 96.7 Å². The summed E-state index contributed by atoms with van der Waals surface area (Å²) in [6.07, 6.45) is 82.4. The van der Waals surface area contributed by atoms with E-state index in [4.69, 9.17) is 37.0 Å². The number of allylic oxidation sites excluding steroid dienone is 16. The predicted octanol–water partition coefficient (Wildman–Crippen LogP) is 24.3. The normalized spacial score (nSPS) is 14.3. The number of hydrogen-bond acceptors (Lipinski definition) is 15. The van der Waals surface area contributed by atoms with Gasteiger partial charge in [-0.1, -0.05) is 330 Å². The van der Waals surface area contributed by atoms with Gasteiger partial charge in [-0.15, -0.1) is 0 Å². The van der Waals surface area contributed by atoms with Crippen LogP contribution in [0.4, 0.5) is 0 Å². The van der Waals surface area contributed by atoms with E-state index in [0.717, 1.165) is 135 Å². The Morgan fingerprint density at radius 1 is 0.279 bits per heavy atom. The van der Waals surface area contributed by atoms with E-state index in [1.54, 1.807) is 0 Å². The predicted molar refractivity (Wildman–Crippen MR) is 427 cm³/mol. The fraction of sp³-hybridized carbons (Fsp3) is 0.765. The first-order valence-electron chi connectivity index (χ1n) is 41.5. The first kappa shape index (κ1) is 100.0. The second kappa shape index (κ2) is 77.1. The third-order valence-electron chi connectivity index (χ3n) is 17.6. The standard InChI is InChI=1S/C85H150O17P2/c1-5-9-13-17-21-25-29-33-36-38-39-41-43-47-50-54-58-62-66-70-83(88)96-76-81(102-85(90)72-68-64-60-56-52-48-44-40-37-34-30-26-22-18-14-10-6-2)78-100-104(93,94)98-74-79(86)73-97-103(91,92)99-77-80(101-84(89)71-67-63-59-55-51-45-32-28-24-20-16-12-8-4)75-95-82(87)69-65-61-57-53-49-46-42-35-31-27-23-19-15-11-7-3/h10,14,21-22,25-26,33-34,36-37,39,41,44,48,56,60,79-81,86H,5-9,11-13,15-20,23-24,27-32,35,38,40,42-43,45-47,49-55,57-59,61-78H2,1-4H3,(H,91,92)(H,93,94)/b14-10-,25-21-,26-22-,36-33-,37-34-,41-39-,48-44-,60-56-. The summed E-state index contributed by atoms with van der Waals surface area (Å²) in [4.78, 5) is 73.1. The summed E-state index contributed by atoms with van der Waals surface area (Å²) in [5, 5.41) is 10.6. The number of aliphatic hydroxyl groups excluding tert-OH is 1. The van der Waals surface area contributed by atoms with Crippen LogP contribution in [0.3, 0.4) is 0 Å². The monoisotopic (exact) mass is 1510 g/mol. The van der Waals surface area contributed by atoms with Gasteiger partial charge in [0.15, 0.2) is 12.2 Å². The number of ether oxygens (including phenoxy) is 4. The summed E-state index contributed by atoms with van der Waals surface area (Å²) in [7, 11) is -9.97. The molecular weight excluding hydrogens is 1350 g/mol. The lowest BCUT2D eigenvalue weighted by Gasteiger charge is -2.21. The van der Waals surface area contributed by atoms with Crippen molar-refractivity contribution in [1.29, 1.82) is 0 Å². The van der Waals surface area contributed by atoms with Crippen molar-refractivity contribution in [3.05, 3.63) is 97.2 Å². The fourth-order valence-electron chi connectivity index (χ4n) is 11.3. The molecule has 5 unspecified atom stereocenters. The molecule has 19 heteroatoms. The van der Waals surface area contributed by atoms with E-state index < -0.39 is 97.5 Å². The van der Waals surface area contributed by atoms with Crippen LogP contribution in [0.15, 0.2) is 97.2 Å². The summed E-state index contributed by atoms with van der Waals surface area (Å²) < 4.78 is 68.6. The van der Waals surface area contributed by atoms with Crippen molar-refractivity contribution in [3.8, 4) is 0 Å². The summed E-state index contributed by atoms with van der Waals surface area (Å²) in [5.74, 6) is -2.23. The van der Waals surface area contributed by atoms with E-state index in [2.05, 4.69) is 113 Å². The quantitative estimate of drug-likeness (QED) is 0.0169. The Labute approximate surface area is 633 Å². The van der Waals surface area contributed by atoms with Gasteiger partial charge in [0.2, 0.25) is 0 Å². The Hall–Kier alpha value is -4.02. The van der Waals surface area contributed by atoms with E-state index in [-0.39, 0.29) is 25.7 Å². The SMILES string of the molecule is CC/C=C\C/C=C\C/C=C\C/C=C\C/C=C\CCCC(=O)OC(COC(=O)CCCCCCCC/C=C\C/C=C\C/C=C\CCCCC)COP(=O)(O)OCC(O)COP(=O)(O)OCC(COC(=O)CCCCCCCCCCCCCCCCC)OC(=O)CCCCCCCCCCCCCCC. The molecule has 0 aromatic heterocycles. The lowest BCUT2D eigenvalue weighted by atomic mass is 10.0. The van der Waals surface area contributed by atoms with Crippen LogP contribution in [0.1, 0.15) is 362 Å². The van der Waals surface area contributed by atoms with Gasteiger partial charge >= 0.3 is 39.5 Å². The van der Waals surface area contributed by atoms with Crippen LogP contribution in [0.25, 0.3) is 0 Å². The van der Waals surface area contributed by atoms with Crippen molar-refractivity contribution in [2.75, 3.05) is 39.6 Å². The Bertz CT molecular complexity index is 2350.